The average Bonchev–Trinajstić information content (AvgIpc) is 2.52. The normalized spacial score (nSPS) is 10.1. The standard InChI is InChI=1S/C15H21N5/c1-16-14-11-17-12-15(19-14)18-9-6-10-20(2)13-7-4-3-5-8-13/h3-5,7-8,11-12H,6,9-10H2,1-2H3,(H2,16,18,19). The maximum Gasteiger partial charge on any atom is 0.146 e. The zero-order valence-electron chi connectivity index (χ0n) is 12.0. The van der Waals surface area contributed by atoms with Crippen LogP contribution >= 0.6 is 0 Å². The predicted octanol–water partition coefficient (Wildman–Crippen LogP) is 2.46. The molecule has 0 bridgehead atoms. The van der Waals surface area contributed by atoms with Crippen molar-refractivity contribution in [2.75, 3.05) is 42.7 Å². The van der Waals surface area contributed by atoms with E-state index in [1.165, 1.54) is 5.69 Å². The third-order valence-corrected chi connectivity index (χ3v) is 3.06. The fraction of sp³-hybridized carbons (Fsp3) is 0.333. The monoisotopic (exact) mass is 271 g/mol. The highest BCUT2D eigenvalue weighted by Gasteiger charge is 2.00. The second kappa shape index (κ2) is 7.33. The molecular weight excluding hydrogens is 250 g/mol. The summed E-state index contributed by atoms with van der Waals surface area (Å²) >= 11 is 0. The van der Waals surface area contributed by atoms with Gasteiger partial charge in [0.1, 0.15) is 11.6 Å². The smallest absolute Gasteiger partial charge is 0.146 e. The number of benzene rings is 1. The van der Waals surface area contributed by atoms with E-state index in [4.69, 9.17) is 0 Å². The van der Waals surface area contributed by atoms with Crippen molar-refractivity contribution in [3.8, 4) is 0 Å². The van der Waals surface area contributed by atoms with Crippen LogP contribution in [0.4, 0.5) is 17.3 Å². The first-order chi connectivity index (χ1) is 9.79. The van der Waals surface area contributed by atoms with E-state index in [9.17, 15) is 0 Å². The van der Waals surface area contributed by atoms with Gasteiger partial charge in [0.05, 0.1) is 12.4 Å². The van der Waals surface area contributed by atoms with Gasteiger partial charge >= 0.3 is 0 Å². The molecule has 0 aliphatic rings. The van der Waals surface area contributed by atoms with Crippen molar-refractivity contribution < 1.29 is 0 Å². The molecule has 5 heteroatoms. The Bertz CT molecular complexity index is 515. The molecule has 0 saturated carbocycles. The number of aromatic nitrogens is 2. The Morgan fingerprint density at radius 3 is 2.60 bits per heavy atom. The zero-order valence-corrected chi connectivity index (χ0v) is 12.0. The lowest BCUT2D eigenvalue weighted by atomic mass is 10.3. The van der Waals surface area contributed by atoms with Gasteiger partial charge in [0, 0.05) is 32.9 Å². The first-order valence-electron chi connectivity index (χ1n) is 6.79. The van der Waals surface area contributed by atoms with Gasteiger partial charge in [0.25, 0.3) is 0 Å². The maximum absolute atomic E-state index is 4.37. The highest BCUT2D eigenvalue weighted by Crippen LogP contribution is 2.11. The van der Waals surface area contributed by atoms with Crippen LogP contribution in [-0.4, -0.2) is 37.2 Å². The highest BCUT2D eigenvalue weighted by atomic mass is 15.1. The number of para-hydroxylation sites is 1. The summed E-state index contributed by atoms with van der Waals surface area (Å²) in [4.78, 5) is 10.7. The topological polar surface area (TPSA) is 53.1 Å². The van der Waals surface area contributed by atoms with E-state index < -0.39 is 0 Å². The molecule has 2 rings (SSSR count). The van der Waals surface area contributed by atoms with Crippen LogP contribution in [-0.2, 0) is 0 Å². The molecule has 0 amide bonds. The summed E-state index contributed by atoms with van der Waals surface area (Å²) in [5, 5.41) is 6.26. The van der Waals surface area contributed by atoms with Gasteiger partial charge < -0.3 is 15.5 Å². The zero-order chi connectivity index (χ0) is 14.2. The number of rotatable bonds is 7. The van der Waals surface area contributed by atoms with Gasteiger partial charge in [-0.2, -0.15) is 0 Å². The van der Waals surface area contributed by atoms with Crippen LogP contribution < -0.4 is 15.5 Å². The molecule has 0 aliphatic carbocycles. The summed E-state index contributed by atoms with van der Waals surface area (Å²) in [6, 6.07) is 10.4. The summed E-state index contributed by atoms with van der Waals surface area (Å²) in [7, 11) is 3.94. The number of hydrogen-bond donors (Lipinski definition) is 2. The average molecular weight is 271 g/mol. The minimum absolute atomic E-state index is 0.774. The van der Waals surface area contributed by atoms with Crippen molar-refractivity contribution in [1.82, 2.24) is 9.97 Å². The van der Waals surface area contributed by atoms with Crippen LogP contribution in [0.3, 0.4) is 0 Å². The maximum atomic E-state index is 4.37. The third-order valence-electron chi connectivity index (χ3n) is 3.06. The van der Waals surface area contributed by atoms with Crippen molar-refractivity contribution >= 4 is 17.3 Å². The molecular formula is C15H21N5. The van der Waals surface area contributed by atoms with E-state index in [2.05, 4.69) is 56.8 Å². The Morgan fingerprint density at radius 2 is 1.85 bits per heavy atom. The molecule has 0 atom stereocenters. The van der Waals surface area contributed by atoms with Crippen molar-refractivity contribution in [2.45, 2.75) is 6.42 Å². The van der Waals surface area contributed by atoms with Gasteiger partial charge in [-0.05, 0) is 18.6 Å². The number of nitrogens with one attached hydrogen (secondary N) is 2. The minimum atomic E-state index is 0.774. The molecule has 0 fully saturated rings. The summed E-state index contributed by atoms with van der Waals surface area (Å²) in [6.45, 7) is 1.87. The van der Waals surface area contributed by atoms with E-state index in [-0.39, 0.29) is 0 Å². The van der Waals surface area contributed by atoms with Gasteiger partial charge in [-0.3, -0.25) is 4.98 Å². The molecule has 106 valence electrons. The summed E-state index contributed by atoms with van der Waals surface area (Å²) in [6.07, 6.45) is 4.48. The lowest BCUT2D eigenvalue weighted by Crippen LogP contribution is -2.20. The first-order valence-corrected chi connectivity index (χ1v) is 6.79. The van der Waals surface area contributed by atoms with Crippen molar-refractivity contribution in [2.24, 2.45) is 0 Å². The van der Waals surface area contributed by atoms with Gasteiger partial charge in [0.15, 0.2) is 0 Å². The minimum Gasteiger partial charge on any atom is -0.375 e. The molecule has 0 spiro atoms. The predicted molar refractivity (Wildman–Crippen MR) is 84.4 cm³/mol. The Morgan fingerprint density at radius 1 is 1.10 bits per heavy atom. The molecule has 0 aliphatic heterocycles. The van der Waals surface area contributed by atoms with Crippen LogP contribution in [0.15, 0.2) is 42.7 Å². The van der Waals surface area contributed by atoms with Crippen molar-refractivity contribution in [3.05, 3.63) is 42.7 Å². The SMILES string of the molecule is CNc1cncc(NCCCN(C)c2ccccc2)n1. The number of anilines is 3. The fourth-order valence-corrected chi connectivity index (χ4v) is 1.92. The van der Waals surface area contributed by atoms with Crippen LogP contribution in [0.1, 0.15) is 6.42 Å². The van der Waals surface area contributed by atoms with Crippen LogP contribution in [0.5, 0.6) is 0 Å². The van der Waals surface area contributed by atoms with Crippen LogP contribution in [0.25, 0.3) is 0 Å². The second-order valence-corrected chi connectivity index (χ2v) is 4.58. The molecule has 0 unspecified atom stereocenters. The highest BCUT2D eigenvalue weighted by molar-refractivity contribution is 5.45. The Balaban J connectivity index is 1.73. The van der Waals surface area contributed by atoms with Crippen LogP contribution in [0.2, 0.25) is 0 Å². The molecule has 20 heavy (non-hydrogen) atoms. The molecule has 0 radical (unpaired) electrons. The summed E-state index contributed by atoms with van der Waals surface area (Å²) < 4.78 is 0. The molecule has 1 heterocycles. The first kappa shape index (κ1) is 14.1. The van der Waals surface area contributed by atoms with Crippen molar-refractivity contribution in [1.29, 1.82) is 0 Å². The Hall–Kier alpha value is -2.30. The van der Waals surface area contributed by atoms with Gasteiger partial charge in [-0.15, -0.1) is 0 Å². The number of hydrogen-bond acceptors (Lipinski definition) is 5. The third kappa shape index (κ3) is 4.12. The Kier molecular flexibility index (Phi) is 5.17. The van der Waals surface area contributed by atoms with E-state index in [0.717, 1.165) is 31.1 Å². The fourth-order valence-electron chi connectivity index (χ4n) is 1.92. The quantitative estimate of drug-likeness (QED) is 0.758. The molecule has 1 aromatic carbocycles. The summed E-state index contributed by atoms with van der Waals surface area (Å²) in [5.74, 6) is 1.58. The largest absolute Gasteiger partial charge is 0.375 e. The van der Waals surface area contributed by atoms with Crippen LogP contribution in [0, 0.1) is 0 Å². The number of nitrogens with zero attached hydrogens (tertiary/aromatic N) is 3. The molecule has 1 aromatic heterocycles. The Labute approximate surface area is 120 Å². The van der Waals surface area contributed by atoms with E-state index in [1.54, 1.807) is 12.4 Å². The van der Waals surface area contributed by atoms with E-state index in [1.807, 2.05) is 13.1 Å². The molecule has 2 aromatic rings. The van der Waals surface area contributed by atoms with E-state index >= 15 is 0 Å². The molecule has 5 nitrogen and oxygen atoms in total. The lowest BCUT2D eigenvalue weighted by Gasteiger charge is -2.19. The lowest BCUT2D eigenvalue weighted by molar-refractivity contribution is 0.814. The van der Waals surface area contributed by atoms with Gasteiger partial charge in [-0.25, -0.2) is 4.98 Å². The van der Waals surface area contributed by atoms with Gasteiger partial charge in [0.2, 0.25) is 0 Å². The second-order valence-electron chi connectivity index (χ2n) is 4.58. The molecule has 2 N–H and O–H groups in total. The summed E-state index contributed by atoms with van der Waals surface area (Å²) in [5.41, 5.74) is 1.24. The van der Waals surface area contributed by atoms with Crippen molar-refractivity contribution in [3.63, 3.8) is 0 Å². The molecule has 0 saturated heterocycles. The van der Waals surface area contributed by atoms with E-state index in [0.29, 0.717) is 0 Å². The van der Waals surface area contributed by atoms with Gasteiger partial charge in [-0.1, -0.05) is 18.2 Å².